The highest BCUT2D eigenvalue weighted by Gasteiger charge is 2.27. The van der Waals surface area contributed by atoms with Crippen molar-refractivity contribution >= 4 is 5.97 Å². The van der Waals surface area contributed by atoms with Crippen molar-refractivity contribution in [3.63, 3.8) is 0 Å². The van der Waals surface area contributed by atoms with Crippen LogP contribution in [0.25, 0.3) is 0 Å². The summed E-state index contributed by atoms with van der Waals surface area (Å²) in [5.74, 6) is 2.17. The summed E-state index contributed by atoms with van der Waals surface area (Å²) in [6.45, 7) is 0.702. The molecule has 3 rings (SSSR count). The Labute approximate surface area is 129 Å². The Morgan fingerprint density at radius 3 is 2.95 bits per heavy atom. The number of esters is 1. The summed E-state index contributed by atoms with van der Waals surface area (Å²) in [5.41, 5.74) is 1.05. The van der Waals surface area contributed by atoms with Crippen LogP contribution in [0.4, 0.5) is 0 Å². The average molecular weight is 301 g/mol. The van der Waals surface area contributed by atoms with Gasteiger partial charge in [-0.2, -0.15) is 5.10 Å². The van der Waals surface area contributed by atoms with Gasteiger partial charge in [-0.05, 0) is 12.5 Å². The fourth-order valence-electron chi connectivity index (χ4n) is 2.82. The van der Waals surface area contributed by atoms with Crippen LogP contribution in [0.3, 0.4) is 0 Å². The maximum atomic E-state index is 11.7. The van der Waals surface area contributed by atoms with Crippen molar-refractivity contribution in [2.24, 2.45) is 5.92 Å². The first kappa shape index (κ1) is 14.6. The molecule has 1 unspecified atom stereocenters. The number of fused-ring (bicyclic) bond motifs is 1. The molecule has 1 aromatic heterocycles. The van der Waals surface area contributed by atoms with E-state index in [1.165, 1.54) is 7.11 Å². The number of ether oxygens (including phenoxy) is 2. The third-order valence-electron chi connectivity index (χ3n) is 3.99. The van der Waals surface area contributed by atoms with Gasteiger partial charge in [-0.1, -0.05) is 18.2 Å². The van der Waals surface area contributed by atoms with Crippen molar-refractivity contribution in [2.75, 3.05) is 14.2 Å². The lowest BCUT2D eigenvalue weighted by Crippen LogP contribution is -2.27. The number of aromatic nitrogens is 3. The maximum absolute atomic E-state index is 11.7. The van der Waals surface area contributed by atoms with E-state index >= 15 is 0 Å². The monoisotopic (exact) mass is 301 g/mol. The number of hydrogen-bond donors (Lipinski definition) is 0. The predicted molar refractivity (Wildman–Crippen MR) is 79.6 cm³/mol. The number of carbonyl (C=O) groups is 1. The van der Waals surface area contributed by atoms with Gasteiger partial charge in [-0.25, -0.2) is 9.67 Å². The molecule has 1 atom stereocenters. The summed E-state index contributed by atoms with van der Waals surface area (Å²) < 4.78 is 12.1. The van der Waals surface area contributed by atoms with Gasteiger partial charge in [0.2, 0.25) is 0 Å². The smallest absolute Gasteiger partial charge is 0.309 e. The van der Waals surface area contributed by atoms with Gasteiger partial charge in [-0.15, -0.1) is 0 Å². The lowest BCUT2D eigenvalue weighted by atomic mass is 9.98. The zero-order valence-corrected chi connectivity index (χ0v) is 12.8. The molecule has 1 aliphatic heterocycles. The minimum absolute atomic E-state index is 0.110. The molecule has 0 bridgehead atoms. The fourth-order valence-corrected chi connectivity index (χ4v) is 2.82. The van der Waals surface area contributed by atoms with E-state index in [0.29, 0.717) is 19.4 Å². The van der Waals surface area contributed by atoms with Crippen molar-refractivity contribution < 1.29 is 14.3 Å². The summed E-state index contributed by atoms with van der Waals surface area (Å²) in [7, 11) is 3.08. The van der Waals surface area contributed by atoms with Crippen molar-refractivity contribution in [3.8, 4) is 5.75 Å². The fraction of sp³-hybridized carbons (Fsp3) is 0.438. The van der Waals surface area contributed by atoms with E-state index < -0.39 is 0 Å². The third-order valence-corrected chi connectivity index (χ3v) is 3.99. The molecule has 1 aromatic carbocycles. The highest BCUT2D eigenvalue weighted by Crippen LogP contribution is 2.23. The van der Waals surface area contributed by atoms with E-state index in [-0.39, 0.29) is 11.9 Å². The number of benzene rings is 1. The average Bonchev–Trinajstić information content (AvgIpc) is 2.95. The number of hydrogen-bond acceptors (Lipinski definition) is 5. The summed E-state index contributed by atoms with van der Waals surface area (Å²) >= 11 is 0. The minimum Gasteiger partial charge on any atom is -0.496 e. The van der Waals surface area contributed by atoms with Gasteiger partial charge in [0, 0.05) is 24.9 Å². The zero-order chi connectivity index (χ0) is 15.5. The van der Waals surface area contributed by atoms with E-state index in [4.69, 9.17) is 9.47 Å². The summed E-state index contributed by atoms with van der Waals surface area (Å²) in [4.78, 5) is 16.2. The standard InChI is InChI=1S/C16H19N3O3/c1-21-13-6-4-3-5-11(13)9-14-17-15-10-12(16(20)22-2)7-8-19(15)18-14/h3-6,12H,7-10H2,1-2H3. The van der Waals surface area contributed by atoms with Gasteiger partial charge in [0.05, 0.1) is 20.1 Å². The Morgan fingerprint density at radius 2 is 2.18 bits per heavy atom. The first-order valence-electron chi connectivity index (χ1n) is 7.33. The molecule has 0 saturated heterocycles. The van der Waals surface area contributed by atoms with Crippen LogP contribution in [0.5, 0.6) is 5.75 Å². The van der Waals surface area contributed by atoms with Crippen LogP contribution in [-0.2, 0) is 28.9 Å². The minimum atomic E-state index is -0.166. The molecule has 2 aromatic rings. The molecule has 22 heavy (non-hydrogen) atoms. The second-order valence-corrected chi connectivity index (χ2v) is 5.37. The molecule has 6 nitrogen and oxygen atoms in total. The van der Waals surface area contributed by atoms with Crippen LogP contribution >= 0.6 is 0 Å². The second-order valence-electron chi connectivity index (χ2n) is 5.37. The van der Waals surface area contributed by atoms with Crippen LogP contribution in [-0.4, -0.2) is 35.0 Å². The Hall–Kier alpha value is -2.37. The van der Waals surface area contributed by atoms with E-state index in [1.807, 2.05) is 28.9 Å². The molecule has 0 spiro atoms. The van der Waals surface area contributed by atoms with Crippen LogP contribution in [0, 0.1) is 5.92 Å². The molecular weight excluding hydrogens is 282 g/mol. The van der Waals surface area contributed by atoms with Gasteiger partial charge in [0.25, 0.3) is 0 Å². The Bertz CT molecular complexity index is 681. The zero-order valence-electron chi connectivity index (χ0n) is 12.8. The molecule has 0 saturated carbocycles. The summed E-state index contributed by atoms with van der Waals surface area (Å²) in [5, 5.41) is 4.54. The van der Waals surface area contributed by atoms with E-state index in [0.717, 1.165) is 29.4 Å². The van der Waals surface area contributed by atoms with Gasteiger partial charge in [-0.3, -0.25) is 4.79 Å². The highest BCUT2D eigenvalue weighted by molar-refractivity contribution is 5.72. The Morgan fingerprint density at radius 1 is 1.36 bits per heavy atom. The molecule has 1 aliphatic rings. The lowest BCUT2D eigenvalue weighted by Gasteiger charge is -2.19. The van der Waals surface area contributed by atoms with Gasteiger partial charge in [0.15, 0.2) is 5.82 Å². The van der Waals surface area contributed by atoms with Crippen LogP contribution in [0.1, 0.15) is 23.6 Å². The summed E-state index contributed by atoms with van der Waals surface area (Å²) in [6.07, 6.45) is 1.95. The van der Waals surface area contributed by atoms with Crippen molar-refractivity contribution in [3.05, 3.63) is 41.5 Å². The van der Waals surface area contributed by atoms with Crippen molar-refractivity contribution in [1.29, 1.82) is 0 Å². The summed E-state index contributed by atoms with van der Waals surface area (Å²) in [6, 6.07) is 7.85. The highest BCUT2D eigenvalue weighted by atomic mass is 16.5. The van der Waals surface area contributed by atoms with Crippen LogP contribution in [0.2, 0.25) is 0 Å². The molecule has 116 valence electrons. The SMILES string of the molecule is COC(=O)C1CCn2nc(Cc3ccccc3OC)nc2C1. The maximum Gasteiger partial charge on any atom is 0.309 e. The number of carbonyl (C=O) groups excluding carboxylic acids is 1. The van der Waals surface area contributed by atoms with Gasteiger partial charge >= 0.3 is 5.97 Å². The first-order chi connectivity index (χ1) is 10.7. The molecule has 0 amide bonds. The van der Waals surface area contributed by atoms with Crippen LogP contribution < -0.4 is 4.74 Å². The largest absolute Gasteiger partial charge is 0.496 e. The number of aryl methyl sites for hydroxylation is 1. The molecule has 0 N–H and O–H groups in total. The second kappa shape index (κ2) is 6.17. The quantitative estimate of drug-likeness (QED) is 0.803. The predicted octanol–water partition coefficient (Wildman–Crippen LogP) is 1.61. The van der Waals surface area contributed by atoms with Crippen molar-refractivity contribution in [1.82, 2.24) is 14.8 Å². The Kier molecular flexibility index (Phi) is 4.09. The van der Waals surface area contributed by atoms with E-state index in [9.17, 15) is 4.79 Å². The lowest BCUT2D eigenvalue weighted by molar-refractivity contribution is -0.146. The number of para-hydroxylation sites is 1. The van der Waals surface area contributed by atoms with Gasteiger partial charge in [0.1, 0.15) is 11.6 Å². The first-order valence-corrected chi connectivity index (χ1v) is 7.33. The molecular formula is C16H19N3O3. The van der Waals surface area contributed by atoms with E-state index in [2.05, 4.69) is 10.1 Å². The van der Waals surface area contributed by atoms with Crippen LogP contribution in [0.15, 0.2) is 24.3 Å². The normalized spacial score (nSPS) is 16.9. The number of rotatable bonds is 4. The van der Waals surface area contributed by atoms with Crippen molar-refractivity contribution in [2.45, 2.75) is 25.8 Å². The van der Waals surface area contributed by atoms with Gasteiger partial charge < -0.3 is 9.47 Å². The molecule has 0 radical (unpaired) electrons. The number of nitrogens with zero attached hydrogens (tertiary/aromatic N) is 3. The number of methoxy groups -OCH3 is 2. The Balaban J connectivity index is 1.78. The third kappa shape index (κ3) is 2.81. The molecule has 2 heterocycles. The van der Waals surface area contributed by atoms with E-state index in [1.54, 1.807) is 7.11 Å². The molecule has 6 heteroatoms. The molecule has 0 aliphatic carbocycles. The molecule has 0 fully saturated rings. The topological polar surface area (TPSA) is 66.2 Å².